The van der Waals surface area contributed by atoms with Crippen LogP contribution in [0.15, 0.2) is 0 Å². The summed E-state index contributed by atoms with van der Waals surface area (Å²) in [5, 5.41) is 0. The summed E-state index contributed by atoms with van der Waals surface area (Å²) in [6, 6.07) is 0.435. The van der Waals surface area contributed by atoms with Gasteiger partial charge in [0.1, 0.15) is 0 Å². The molecule has 0 N–H and O–H groups in total. The van der Waals surface area contributed by atoms with Crippen molar-refractivity contribution in [3.05, 3.63) is 0 Å². The Labute approximate surface area is 87.4 Å². The fourth-order valence-electron chi connectivity index (χ4n) is 2.43. The third-order valence-corrected chi connectivity index (χ3v) is 3.12. The maximum absolute atomic E-state index is 5.67. The van der Waals surface area contributed by atoms with Crippen LogP contribution in [-0.2, 0) is 9.47 Å². The molecule has 1 rings (SSSR count). The summed E-state index contributed by atoms with van der Waals surface area (Å²) in [7, 11) is 1.80. The van der Waals surface area contributed by atoms with E-state index in [9.17, 15) is 0 Å². The van der Waals surface area contributed by atoms with Crippen molar-refractivity contribution >= 4 is 0 Å². The Morgan fingerprint density at radius 2 is 2.14 bits per heavy atom. The van der Waals surface area contributed by atoms with Gasteiger partial charge in [0.15, 0.2) is 0 Å². The zero-order chi connectivity index (χ0) is 10.6. The number of methoxy groups -OCH3 is 1. The molecule has 2 unspecified atom stereocenters. The van der Waals surface area contributed by atoms with Gasteiger partial charge in [-0.2, -0.15) is 0 Å². The second kappa shape index (κ2) is 5.69. The van der Waals surface area contributed by atoms with E-state index in [0.29, 0.717) is 12.1 Å². The SMILES string of the molecule is CCOC(C)C1[C@@H](OC)CCN1CC. The van der Waals surface area contributed by atoms with Gasteiger partial charge >= 0.3 is 0 Å². The van der Waals surface area contributed by atoms with Gasteiger partial charge in [-0.1, -0.05) is 6.92 Å². The fourth-order valence-corrected chi connectivity index (χ4v) is 2.43. The lowest BCUT2D eigenvalue weighted by atomic mass is 10.1. The highest BCUT2D eigenvalue weighted by Gasteiger charge is 2.37. The molecule has 0 aromatic carbocycles. The molecule has 1 aliphatic rings. The highest BCUT2D eigenvalue weighted by atomic mass is 16.5. The Kier molecular flexibility index (Phi) is 4.85. The molecule has 0 saturated carbocycles. The van der Waals surface area contributed by atoms with Crippen molar-refractivity contribution in [3.8, 4) is 0 Å². The van der Waals surface area contributed by atoms with Crippen molar-refractivity contribution in [2.45, 2.75) is 45.4 Å². The standard InChI is InChI=1S/C11H23NO2/c1-5-12-8-7-10(13-4)11(12)9(3)14-6-2/h9-11H,5-8H2,1-4H3/t9?,10-,11?/m0/s1. The topological polar surface area (TPSA) is 21.7 Å². The minimum Gasteiger partial charge on any atom is -0.380 e. The van der Waals surface area contributed by atoms with Crippen molar-refractivity contribution in [1.29, 1.82) is 0 Å². The van der Waals surface area contributed by atoms with Gasteiger partial charge in [0.25, 0.3) is 0 Å². The van der Waals surface area contributed by atoms with Crippen LogP contribution in [-0.4, -0.2) is 50.0 Å². The lowest BCUT2D eigenvalue weighted by Gasteiger charge is -2.31. The van der Waals surface area contributed by atoms with Gasteiger partial charge in [-0.05, 0) is 26.8 Å². The molecule has 1 aliphatic heterocycles. The molecule has 84 valence electrons. The summed E-state index contributed by atoms with van der Waals surface area (Å²) in [6.45, 7) is 9.39. The summed E-state index contributed by atoms with van der Waals surface area (Å²) in [6.07, 6.45) is 1.75. The van der Waals surface area contributed by atoms with Crippen LogP contribution in [0.1, 0.15) is 27.2 Å². The molecule has 3 atom stereocenters. The number of nitrogens with zero attached hydrogens (tertiary/aromatic N) is 1. The molecule has 0 amide bonds. The van der Waals surface area contributed by atoms with Crippen molar-refractivity contribution in [2.75, 3.05) is 26.8 Å². The number of hydrogen-bond acceptors (Lipinski definition) is 3. The summed E-state index contributed by atoms with van der Waals surface area (Å²) >= 11 is 0. The molecule has 3 heteroatoms. The minimum absolute atomic E-state index is 0.271. The van der Waals surface area contributed by atoms with Crippen molar-refractivity contribution in [2.24, 2.45) is 0 Å². The molecule has 0 spiro atoms. The molecule has 14 heavy (non-hydrogen) atoms. The van der Waals surface area contributed by atoms with Crippen molar-refractivity contribution < 1.29 is 9.47 Å². The highest BCUT2D eigenvalue weighted by Crippen LogP contribution is 2.24. The molecule has 1 saturated heterocycles. The van der Waals surface area contributed by atoms with Gasteiger partial charge in [-0.25, -0.2) is 0 Å². The van der Waals surface area contributed by atoms with Crippen LogP contribution < -0.4 is 0 Å². The molecule has 0 bridgehead atoms. The Bertz CT molecular complexity index is 151. The van der Waals surface area contributed by atoms with E-state index in [1.165, 1.54) is 0 Å². The van der Waals surface area contributed by atoms with E-state index < -0.39 is 0 Å². The predicted octanol–water partition coefficient (Wildman–Crippen LogP) is 1.52. The van der Waals surface area contributed by atoms with E-state index in [-0.39, 0.29) is 6.10 Å². The molecule has 0 aromatic heterocycles. The average molecular weight is 201 g/mol. The third kappa shape index (κ3) is 2.47. The second-order valence-electron chi connectivity index (χ2n) is 3.84. The van der Waals surface area contributed by atoms with E-state index in [0.717, 1.165) is 26.1 Å². The lowest BCUT2D eigenvalue weighted by molar-refractivity contribution is -0.0319. The first-order valence-corrected chi connectivity index (χ1v) is 5.63. The van der Waals surface area contributed by atoms with Gasteiger partial charge in [-0.15, -0.1) is 0 Å². The molecule has 0 radical (unpaired) electrons. The van der Waals surface area contributed by atoms with Crippen LogP contribution in [0.4, 0.5) is 0 Å². The van der Waals surface area contributed by atoms with Crippen LogP contribution >= 0.6 is 0 Å². The van der Waals surface area contributed by atoms with E-state index in [1.54, 1.807) is 7.11 Å². The highest BCUT2D eigenvalue weighted by molar-refractivity contribution is 4.91. The van der Waals surface area contributed by atoms with Crippen LogP contribution in [0.5, 0.6) is 0 Å². The van der Waals surface area contributed by atoms with Crippen molar-refractivity contribution in [1.82, 2.24) is 4.90 Å². The zero-order valence-corrected chi connectivity index (χ0v) is 9.82. The Hall–Kier alpha value is -0.120. The third-order valence-electron chi connectivity index (χ3n) is 3.12. The van der Waals surface area contributed by atoms with E-state index in [2.05, 4.69) is 18.7 Å². The second-order valence-corrected chi connectivity index (χ2v) is 3.84. The molecule has 0 aliphatic carbocycles. The molecular weight excluding hydrogens is 178 g/mol. The fraction of sp³-hybridized carbons (Fsp3) is 1.00. The first-order valence-electron chi connectivity index (χ1n) is 5.63. The minimum atomic E-state index is 0.271. The van der Waals surface area contributed by atoms with Gasteiger partial charge in [-0.3, -0.25) is 4.90 Å². The monoisotopic (exact) mass is 201 g/mol. The zero-order valence-electron chi connectivity index (χ0n) is 9.82. The normalized spacial score (nSPS) is 30.9. The van der Waals surface area contributed by atoms with E-state index in [4.69, 9.17) is 9.47 Å². The van der Waals surface area contributed by atoms with Crippen LogP contribution in [0.2, 0.25) is 0 Å². The molecule has 0 aromatic rings. The molecule has 1 fully saturated rings. The van der Waals surface area contributed by atoms with Gasteiger partial charge in [0.05, 0.1) is 18.2 Å². The lowest BCUT2D eigenvalue weighted by Crippen LogP contribution is -2.45. The average Bonchev–Trinajstić information content (AvgIpc) is 2.60. The number of likely N-dealkylation sites (N-methyl/N-ethyl adjacent to an activating group) is 1. The van der Waals surface area contributed by atoms with Crippen LogP contribution in [0.3, 0.4) is 0 Å². The van der Waals surface area contributed by atoms with Crippen LogP contribution in [0.25, 0.3) is 0 Å². The summed E-state index contributed by atoms with van der Waals surface area (Å²) < 4.78 is 11.2. The van der Waals surface area contributed by atoms with E-state index in [1.807, 2.05) is 6.92 Å². The number of rotatable bonds is 5. The first kappa shape index (κ1) is 12.0. The van der Waals surface area contributed by atoms with Crippen molar-refractivity contribution in [3.63, 3.8) is 0 Å². The predicted molar refractivity (Wildman–Crippen MR) is 57.5 cm³/mol. The summed E-state index contributed by atoms with van der Waals surface area (Å²) in [4.78, 5) is 2.45. The van der Waals surface area contributed by atoms with Crippen LogP contribution in [0, 0.1) is 0 Å². The first-order chi connectivity index (χ1) is 6.74. The van der Waals surface area contributed by atoms with Gasteiger partial charge in [0, 0.05) is 20.3 Å². The molecule has 3 nitrogen and oxygen atoms in total. The Balaban J connectivity index is 2.58. The quantitative estimate of drug-likeness (QED) is 0.673. The Morgan fingerprint density at radius 3 is 2.64 bits per heavy atom. The maximum atomic E-state index is 5.67. The molecular formula is C11H23NO2. The van der Waals surface area contributed by atoms with Gasteiger partial charge in [0.2, 0.25) is 0 Å². The summed E-state index contributed by atoms with van der Waals surface area (Å²) in [5.74, 6) is 0. The number of ether oxygens (including phenoxy) is 2. The Morgan fingerprint density at radius 1 is 1.43 bits per heavy atom. The largest absolute Gasteiger partial charge is 0.380 e. The van der Waals surface area contributed by atoms with Gasteiger partial charge < -0.3 is 9.47 Å². The summed E-state index contributed by atoms with van der Waals surface area (Å²) in [5.41, 5.74) is 0. The number of hydrogen-bond donors (Lipinski definition) is 0. The maximum Gasteiger partial charge on any atom is 0.0763 e. The smallest absolute Gasteiger partial charge is 0.0763 e. The molecule has 1 heterocycles. The van der Waals surface area contributed by atoms with E-state index >= 15 is 0 Å². The number of likely N-dealkylation sites (tertiary alicyclic amines) is 1.